The van der Waals surface area contributed by atoms with Crippen molar-refractivity contribution in [3.63, 3.8) is 0 Å². The largest absolute Gasteiger partial charge is 0.481 e. The van der Waals surface area contributed by atoms with Gasteiger partial charge in [-0.3, -0.25) is 9.59 Å². The smallest absolute Gasteiger partial charge is 0.317 e. The maximum Gasteiger partial charge on any atom is 0.317 e. The first-order valence-corrected chi connectivity index (χ1v) is 16.5. The SMILES string of the molecule is O=C(O)CC(=O)OC[C@H]1O[C@@H](OC2CC3C(O)CC(O)C(C4O[C@H](CO)[C@@H](O)[C@H](O)[C@H]4O)C3OC2C2CCC(O)C(O)C2)[C@H](O)[C@@H](O)[C@@H]1O. The number of aliphatic carboxylic acids is 1. The number of carbonyl (C=O) groups excluding carboxylic acids is 1. The summed E-state index contributed by atoms with van der Waals surface area (Å²) >= 11 is 0. The van der Waals surface area contributed by atoms with Crippen LogP contribution in [0.15, 0.2) is 0 Å². The van der Waals surface area contributed by atoms with Crippen molar-refractivity contribution in [1.29, 1.82) is 0 Å². The highest BCUT2D eigenvalue weighted by Gasteiger charge is 2.59. The lowest BCUT2D eigenvalue weighted by Crippen LogP contribution is -2.68. The quantitative estimate of drug-likeness (QED) is 0.0782. The van der Waals surface area contributed by atoms with E-state index in [1.165, 1.54) is 0 Å². The van der Waals surface area contributed by atoms with E-state index in [0.29, 0.717) is 6.42 Å². The number of carboxylic acids is 1. The molecule has 19 heteroatoms. The van der Waals surface area contributed by atoms with E-state index in [1.807, 2.05) is 0 Å². The van der Waals surface area contributed by atoms with Crippen LogP contribution in [0.3, 0.4) is 0 Å². The minimum atomic E-state index is -1.87. The normalized spacial score (nSPS) is 50.7. The second-order valence-electron chi connectivity index (χ2n) is 13.9. The van der Waals surface area contributed by atoms with Gasteiger partial charge in [0.15, 0.2) is 6.29 Å². The van der Waals surface area contributed by atoms with E-state index in [-0.39, 0.29) is 25.7 Å². The van der Waals surface area contributed by atoms with Gasteiger partial charge >= 0.3 is 11.9 Å². The Balaban J connectivity index is 1.41. The zero-order valence-electron chi connectivity index (χ0n) is 26.4. The molecule has 2 saturated carbocycles. The Kier molecular flexibility index (Phi) is 12.5. The molecule has 2 aliphatic carbocycles. The molecule has 0 aromatic rings. The molecule has 20 atom stereocenters. The van der Waals surface area contributed by atoms with E-state index in [1.54, 1.807) is 0 Å². The van der Waals surface area contributed by atoms with Gasteiger partial charge in [-0.15, -0.1) is 0 Å². The number of fused-ring (bicyclic) bond motifs is 1. The van der Waals surface area contributed by atoms with Crippen molar-refractivity contribution in [2.75, 3.05) is 13.2 Å². The van der Waals surface area contributed by atoms with Crippen molar-refractivity contribution in [2.24, 2.45) is 17.8 Å². The Morgan fingerprint density at radius 1 is 0.633 bits per heavy atom. The summed E-state index contributed by atoms with van der Waals surface area (Å²) < 4.78 is 29.1. The zero-order chi connectivity index (χ0) is 35.9. The van der Waals surface area contributed by atoms with Gasteiger partial charge in [-0.1, -0.05) is 0 Å². The first-order valence-electron chi connectivity index (χ1n) is 16.5. The highest BCUT2D eigenvalue weighted by Crippen LogP contribution is 2.47. The Morgan fingerprint density at radius 3 is 1.96 bits per heavy atom. The molecule has 0 bridgehead atoms. The number of carboxylic acid groups (broad SMARTS) is 1. The third-order valence-corrected chi connectivity index (χ3v) is 10.7. The highest BCUT2D eigenvalue weighted by molar-refractivity contribution is 5.90. The standard InChI is InChI=1S/C30H48O19/c31-7-16-21(39)23(41)25(43)29(46-16)20-14(35)5-12(33)10-4-15(27(49-28(10)20)9-1-2-11(32)13(34)3-9)47-30-26(44)24(42)22(40)17(48-30)8-45-19(38)6-18(36)37/h9-17,20-35,39-44H,1-8H2,(H,36,37)/t9?,10?,11?,12?,13?,14?,15?,16-,17-,20?,21-,22-,23+,24+,25-,26-,27?,28?,29?,30-/m1/s1. The molecule has 3 heterocycles. The summed E-state index contributed by atoms with van der Waals surface area (Å²) in [6, 6.07) is 0. The molecule has 3 saturated heterocycles. The fourth-order valence-electron chi connectivity index (χ4n) is 8.01. The maximum absolute atomic E-state index is 11.8. The lowest BCUT2D eigenvalue weighted by Gasteiger charge is -2.56. The van der Waals surface area contributed by atoms with Gasteiger partial charge in [0.1, 0.15) is 61.9 Å². The van der Waals surface area contributed by atoms with Crippen molar-refractivity contribution in [2.45, 2.75) is 142 Å². The molecule has 0 aromatic heterocycles. The number of ether oxygens (including phenoxy) is 5. The average Bonchev–Trinajstić information content (AvgIpc) is 3.05. The second kappa shape index (κ2) is 15.9. The molecule has 5 aliphatic rings. The van der Waals surface area contributed by atoms with Gasteiger partial charge in [-0.25, -0.2) is 0 Å². The van der Waals surface area contributed by atoms with E-state index in [0.717, 1.165) is 0 Å². The molecule has 49 heavy (non-hydrogen) atoms. The lowest BCUT2D eigenvalue weighted by molar-refractivity contribution is -0.341. The topological polar surface area (TPSA) is 323 Å². The van der Waals surface area contributed by atoms with Crippen LogP contribution in [0.5, 0.6) is 0 Å². The molecule has 0 radical (unpaired) electrons. The Hall–Kier alpha value is -1.66. The van der Waals surface area contributed by atoms with Crippen LogP contribution in [-0.4, -0.2) is 190 Å². The van der Waals surface area contributed by atoms with E-state index in [4.69, 9.17) is 28.8 Å². The summed E-state index contributed by atoms with van der Waals surface area (Å²) in [6.45, 7) is -1.41. The van der Waals surface area contributed by atoms with Crippen LogP contribution in [0.25, 0.3) is 0 Å². The number of esters is 1. The first-order chi connectivity index (χ1) is 23.1. The molecule has 282 valence electrons. The fraction of sp³-hybridized carbons (Fsp3) is 0.933. The molecule has 0 aromatic carbocycles. The van der Waals surface area contributed by atoms with E-state index in [2.05, 4.69) is 0 Å². The van der Waals surface area contributed by atoms with Gasteiger partial charge in [0.25, 0.3) is 0 Å². The number of aliphatic hydroxyl groups is 11. The molecular weight excluding hydrogens is 664 g/mol. The Morgan fingerprint density at radius 2 is 1.31 bits per heavy atom. The molecule has 11 unspecified atom stereocenters. The van der Waals surface area contributed by atoms with Crippen molar-refractivity contribution >= 4 is 11.9 Å². The van der Waals surface area contributed by atoms with Crippen molar-refractivity contribution < 1.29 is 94.6 Å². The van der Waals surface area contributed by atoms with Gasteiger partial charge < -0.3 is 85.0 Å². The number of hydrogen-bond donors (Lipinski definition) is 12. The van der Waals surface area contributed by atoms with Crippen molar-refractivity contribution in [3.05, 3.63) is 0 Å². The predicted molar refractivity (Wildman–Crippen MR) is 155 cm³/mol. The van der Waals surface area contributed by atoms with Crippen LogP contribution in [-0.2, 0) is 33.3 Å². The van der Waals surface area contributed by atoms with E-state index in [9.17, 15) is 65.8 Å². The summed E-state index contributed by atoms with van der Waals surface area (Å²) in [6.07, 6.45) is -25.0. The number of carbonyl (C=O) groups is 2. The van der Waals surface area contributed by atoms with Gasteiger partial charge in [-0.2, -0.15) is 0 Å². The zero-order valence-corrected chi connectivity index (χ0v) is 26.4. The maximum atomic E-state index is 11.8. The third kappa shape index (κ3) is 8.06. The van der Waals surface area contributed by atoms with Gasteiger partial charge in [-0.05, 0) is 31.6 Å². The summed E-state index contributed by atoms with van der Waals surface area (Å²) in [5.41, 5.74) is 0. The van der Waals surface area contributed by atoms with Crippen LogP contribution >= 0.6 is 0 Å². The summed E-state index contributed by atoms with van der Waals surface area (Å²) in [5, 5.41) is 125. The van der Waals surface area contributed by atoms with Crippen molar-refractivity contribution in [1.82, 2.24) is 0 Å². The second-order valence-corrected chi connectivity index (χ2v) is 13.9. The van der Waals surface area contributed by atoms with Crippen LogP contribution in [0.2, 0.25) is 0 Å². The minimum absolute atomic E-state index is 0.0243. The van der Waals surface area contributed by atoms with Crippen LogP contribution in [0, 0.1) is 17.8 Å². The lowest BCUT2D eigenvalue weighted by atomic mass is 9.66. The van der Waals surface area contributed by atoms with Gasteiger partial charge in [0.2, 0.25) is 0 Å². The molecule has 5 fully saturated rings. The van der Waals surface area contributed by atoms with Crippen molar-refractivity contribution in [3.8, 4) is 0 Å². The Labute approximate surface area is 280 Å². The summed E-state index contributed by atoms with van der Waals surface area (Å²) in [7, 11) is 0. The molecule has 0 amide bonds. The molecule has 19 nitrogen and oxygen atoms in total. The molecule has 5 rings (SSSR count). The summed E-state index contributed by atoms with van der Waals surface area (Å²) in [4.78, 5) is 22.6. The molecule has 0 spiro atoms. The molecule has 12 N–H and O–H groups in total. The highest BCUT2D eigenvalue weighted by atomic mass is 16.7. The van der Waals surface area contributed by atoms with Gasteiger partial charge in [0.05, 0.1) is 55.4 Å². The van der Waals surface area contributed by atoms with E-state index >= 15 is 0 Å². The molecular formula is C30H48O19. The number of aliphatic hydroxyl groups excluding tert-OH is 11. The number of hydrogen-bond acceptors (Lipinski definition) is 18. The van der Waals surface area contributed by atoms with Crippen LogP contribution < -0.4 is 0 Å². The van der Waals surface area contributed by atoms with Crippen LogP contribution in [0.4, 0.5) is 0 Å². The minimum Gasteiger partial charge on any atom is -0.481 e. The van der Waals surface area contributed by atoms with E-state index < -0.39 is 153 Å². The fourth-order valence-corrected chi connectivity index (χ4v) is 8.01. The average molecular weight is 713 g/mol. The first kappa shape index (κ1) is 38.6. The predicted octanol–water partition coefficient (Wildman–Crippen LogP) is -5.92. The summed E-state index contributed by atoms with van der Waals surface area (Å²) in [5.74, 6) is -5.08. The van der Waals surface area contributed by atoms with Crippen LogP contribution in [0.1, 0.15) is 38.5 Å². The van der Waals surface area contributed by atoms with Gasteiger partial charge in [0, 0.05) is 18.3 Å². The Bertz CT molecular complexity index is 1130. The number of rotatable bonds is 9. The third-order valence-electron chi connectivity index (χ3n) is 10.7. The monoisotopic (exact) mass is 712 g/mol. The molecule has 3 aliphatic heterocycles.